The lowest BCUT2D eigenvalue weighted by molar-refractivity contribution is 0.464. The van der Waals surface area contributed by atoms with E-state index < -0.39 is 0 Å². The predicted octanol–water partition coefficient (Wildman–Crippen LogP) is 2.87. The van der Waals surface area contributed by atoms with Gasteiger partial charge in [-0.1, -0.05) is 30.3 Å². The molecule has 0 radical (unpaired) electrons. The second-order valence-corrected chi connectivity index (χ2v) is 4.87. The lowest BCUT2D eigenvalue weighted by Gasteiger charge is -2.08. The number of phenolic OH excluding ortho intramolecular Hbond substituents is 1. The van der Waals surface area contributed by atoms with E-state index in [-0.39, 0.29) is 0 Å². The number of rotatable bonds is 5. The molecule has 0 atom stereocenters. The van der Waals surface area contributed by atoms with E-state index in [1.165, 1.54) is 5.56 Å². The topological polar surface area (TPSA) is 50.1 Å². The molecule has 3 rings (SSSR count). The highest BCUT2D eigenvalue weighted by Gasteiger charge is 2.00. The average molecular weight is 279 g/mol. The summed E-state index contributed by atoms with van der Waals surface area (Å²) >= 11 is 0. The summed E-state index contributed by atoms with van der Waals surface area (Å²) in [5.74, 6) is 0.334. The van der Waals surface area contributed by atoms with E-state index in [2.05, 4.69) is 34.6 Å². The Balaban J connectivity index is 1.58. The zero-order valence-electron chi connectivity index (χ0n) is 11.6. The van der Waals surface area contributed by atoms with Crippen molar-refractivity contribution in [3.63, 3.8) is 0 Å². The summed E-state index contributed by atoms with van der Waals surface area (Å²) in [6, 6.07) is 15.7. The molecule has 4 heteroatoms. The third-order valence-electron chi connectivity index (χ3n) is 3.38. The summed E-state index contributed by atoms with van der Waals surface area (Å²) in [6.45, 7) is 1.41. The van der Waals surface area contributed by atoms with E-state index in [0.29, 0.717) is 12.3 Å². The maximum atomic E-state index is 9.70. The lowest BCUT2D eigenvalue weighted by Crippen LogP contribution is -2.12. The minimum Gasteiger partial charge on any atom is -0.508 e. The van der Waals surface area contributed by atoms with E-state index >= 15 is 0 Å². The molecule has 1 heterocycles. The van der Waals surface area contributed by atoms with Gasteiger partial charge in [0.15, 0.2) is 0 Å². The number of nitrogens with one attached hydrogen (secondary N) is 1. The van der Waals surface area contributed by atoms with Gasteiger partial charge >= 0.3 is 0 Å². The van der Waals surface area contributed by atoms with Crippen LogP contribution < -0.4 is 5.32 Å². The molecule has 0 saturated carbocycles. The van der Waals surface area contributed by atoms with Gasteiger partial charge in [-0.05, 0) is 23.8 Å². The van der Waals surface area contributed by atoms with Crippen LogP contribution in [0.25, 0.3) is 5.69 Å². The fourth-order valence-corrected chi connectivity index (χ4v) is 2.20. The van der Waals surface area contributed by atoms with Crippen molar-refractivity contribution >= 4 is 0 Å². The Hall–Kier alpha value is -2.59. The Morgan fingerprint density at radius 2 is 1.81 bits per heavy atom. The van der Waals surface area contributed by atoms with Crippen LogP contribution in [-0.2, 0) is 13.1 Å². The van der Waals surface area contributed by atoms with Crippen LogP contribution in [0.1, 0.15) is 11.1 Å². The van der Waals surface area contributed by atoms with Gasteiger partial charge in [0.2, 0.25) is 0 Å². The molecule has 2 N–H and O–H groups in total. The largest absolute Gasteiger partial charge is 0.508 e. The molecule has 3 aromatic rings. The molecule has 1 aromatic heterocycles. The normalized spacial score (nSPS) is 10.7. The third-order valence-corrected chi connectivity index (χ3v) is 3.38. The Labute approximate surface area is 123 Å². The smallest absolute Gasteiger partial charge is 0.120 e. The molecule has 0 unspecified atom stereocenters. The number of benzene rings is 2. The SMILES string of the molecule is Oc1ccccc1CNCc1ccc(-n2ccnc2)cc1. The van der Waals surface area contributed by atoms with Crippen molar-refractivity contribution in [3.8, 4) is 11.4 Å². The van der Waals surface area contributed by atoms with Crippen molar-refractivity contribution in [2.75, 3.05) is 0 Å². The fraction of sp³-hybridized carbons (Fsp3) is 0.118. The van der Waals surface area contributed by atoms with Gasteiger partial charge in [0.25, 0.3) is 0 Å². The Morgan fingerprint density at radius 1 is 1.00 bits per heavy atom. The lowest BCUT2D eigenvalue weighted by atomic mass is 10.1. The van der Waals surface area contributed by atoms with Crippen molar-refractivity contribution < 1.29 is 5.11 Å². The standard InChI is InChI=1S/C17H17N3O/c21-17-4-2-1-3-15(17)12-19-11-14-5-7-16(8-6-14)20-10-9-18-13-20/h1-10,13,19,21H,11-12H2. The zero-order chi connectivity index (χ0) is 14.5. The molecule has 0 spiro atoms. The molecule has 21 heavy (non-hydrogen) atoms. The Morgan fingerprint density at radius 3 is 2.52 bits per heavy atom. The van der Waals surface area contributed by atoms with E-state index in [0.717, 1.165) is 17.8 Å². The molecule has 0 amide bonds. The fourth-order valence-electron chi connectivity index (χ4n) is 2.20. The van der Waals surface area contributed by atoms with Crippen molar-refractivity contribution in [2.45, 2.75) is 13.1 Å². The van der Waals surface area contributed by atoms with Gasteiger partial charge in [0.1, 0.15) is 5.75 Å². The summed E-state index contributed by atoms with van der Waals surface area (Å²) < 4.78 is 1.97. The van der Waals surface area contributed by atoms with E-state index in [1.807, 2.05) is 29.0 Å². The van der Waals surface area contributed by atoms with Crippen LogP contribution >= 0.6 is 0 Å². The summed E-state index contributed by atoms with van der Waals surface area (Å²) in [4.78, 5) is 4.04. The van der Waals surface area contributed by atoms with Crippen LogP contribution in [0.15, 0.2) is 67.3 Å². The van der Waals surface area contributed by atoms with Crippen LogP contribution in [0.2, 0.25) is 0 Å². The maximum absolute atomic E-state index is 9.70. The maximum Gasteiger partial charge on any atom is 0.120 e. The highest BCUT2D eigenvalue weighted by atomic mass is 16.3. The van der Waals surface area contributed by atoms with Gasteiger partial charge in [-0.15, -0.1) is 0 Å². The number of hydrogen-bond donors (Lipinski definition) is 2. The number of hydrogen-bond acceptors (Lipinski definition) is 3. The first kappa shape index (κ1) is 13.4. The van der Waals surface area contributed by atoms with Crippen molar-refractivity contribution in [2.24, 2.45) is 0 Å². The average Bonchev–Trinajstić information content (AvgIpc) is 3.04. The minimum absolute atomic E-state index is 0.334. The Kier molecular flexibility index (Phi) is 3.98. The van der Waals surface area contributed by atoms with Crippen LogP contribution in [0.5, 0.6) is 5.75 Å². The quantitative estimate of drug-likeness (QED) is 0.755. The van der Waals surface area contributed by atoms with Crippen LogP contribution in [0, 0.1) is 0 Å². The van der Waals surface area contributed by atoms with E-state index in [9.17, 15) is 5.11 Å². The van der Waals surface area contributed by atoms with Crippen LogP contribution in [0.3, 0.4) is 0 Å². The van der Waals surface area contributed by atoms with Gasteiger partial charge in [-0.25, -0.2) is 4.98 Å². The molecule has 0 bridgehead atoms. The number of imidazole rings is 1. The number of para-hydroxylation sites is 1. The first-order valence-corrected chi connectivity index (χ1v) is 6.88. The summed E-state index contributed by atoms with van der Waals surface area (Å²) in [5.41, 5.74) is 3.21. The second kappa shape index (κ2) is 6.24. The first-order valence-electron chi connectivity index (χ1n) is 6.88. The van der Waals surface area contributed by atoms with E-state index in [4.69, 9.17) is 0 Å². The Bertz CT molecular complexity index is 690. The molecule has 2 aromatic carbocycles. The molecule has 106 valence electrons. The van der Waals surface area contributed by atoms with Gasteiger partial charge in [0, 0.05) is 36.7 Å². The number of aromatic hydroxyl groups is 1. The monoisotopic (exact) mass is 279 g/mol. The van der Waals surface area contributed by atoms with E-state index in [1.54, 1.807) is 18.6 Å². The summed E-state index contributed by atoms with van der Waals surface area (Å²) in [7, 11) is 0. The predicted molar refractivity (Wildman–Crippen MR) is 82.2 cm³/mol. The van der Waals surface area contributed by atoms with Crippen LogP contribution in [0.4, 0.5) is 0 Å². The molecule has 0 aliphatic rings. The van der Waals surface area contributed by atoms with Gasteiger partial charge in [0.05, 0.1) is 6.33 Å². The summed E-state index contributed by atoms with van der Waals surface area (Å²) in [5, 5.41) is 13.0. The van der Waals surface area contributed by atoms with Gasteiger partial charge in [-0.3, -0.25) is 0 Å². The van der Waals surface area contributed by atoms with Crippen molar-refractivity contribution in [1.29, 1.82) is 0 Å². The number of phenols is 1. The molecule has 0 fully saturated rings. The van der Waals surface area contributed by atoms with Gasteiger partial charge in [-0.2, -0.15) is 0 Å². The molecule has 0 saturated heterocycles. The summed E-state index contributed by atoms with van der Waals surface area (Å²) in [6.07, 6.45) is 5.47. The second-order valence-electron chi connectivity index (χ2n) is 4.87. The molecule has 0 aliphatic heterocycles. The molecule has 4 nitrogen and oxygen atoms in total. The third kappa shape index (κ3) is 3.30. The van der Waals surface area contributed by atoms with Crippen LogP contribution in [-0.4, -0.2) is 14.7 Å². The molecular weight excluding hydrogens is 262 g/mol. The highest BCUT2D eigenvalue weighted by Crippen LogP contribution is 2.15. The first-order chi connectivity index (χ1) is 10.3. The highest BCUT2D eigenvalue weighted by molar-refractivity contribution is 5.35. The van der Waals surface area contributed by atoms with Gasteiger partial charge < -0.3 is 15.0 Å². The zero-order valence-corrected chi connectivity index (χ0v) is 11.6. The van der Waals surface area contributed by atoms with Crippen molar-refractivity contribution in [3.05, 3.63) is 78.4 Å². The number of nitrogens with zero attached hydrogens (tertiary/aromatic N) is 2. The van der Waals surface area contributed by atoms with Crippen molar-refractivity contribution in [1.82, 2.24) is 14.9 Å². The minimum atomic E-state index is 0.334. The molecular formula is C17H17N3O. The number of aromatic nitrogens is 2. The molecule has 0 aliphatic carbocycles.